The molecular weight excluding hydrogens is 1410 g/mol. The summed E-state index contributed by atoms with van der Waals surface area (Å²) in [5.41, 5.74) is 2.73. The molecule has 26 heteroatoms. The van der Waals surface area contributed by atoms with Crippen LogP contribution in [0.2, 0.25) is 30.1 Å². The van der Waals surface area contributed by atoms with Crippen molar-refractivity contribution in [1.82, 2.24) is 44.1 Å². The van der Waals surface area contributed by atoms with E-state index in [0.717, 1.165) is 173 Å². The van der Waals surface area contributed by atoms with E-state index in [2.05, 4.69) is 44.1 Å². The molecule has 99 heavy (non-hydrogen) atoms. The van der Waals surface area contributed by atoms with Crippen LogP contribution in [0.3, 0.4) is 0 Å². The minimum Gasteiger partial charge on any atom is -0.378 e. The van der Waals surface area contributed by atoms with E-state index in [1.807, 2.05) is 36.4 Å². The number of hydrogen-bond donors (Lipinski definition) is 0. The number of halogens is 7. The Kier molecular flexibility index (Phi) is 28.7. The summed E-state index contributed by atoms with van der Waals surface area (Å²) < 4.78 is 46.4. The van der Waals surface area contributed by atoms with Gasteiger partial charge in [-0.2, -0.15) is 3.89 Å². The van der Waals surface area contributed by atoms with E-state index in [-0.39, 0.29) is 84.2 Å². The van der Waals surface area contributed by atoms with Crippen molar-refractivity contribution >= 4 is 99.5 Å². The number of rotatable bonds is 15. The maximum Gasteiger partial charge on any atom is 0.227 e. The first kappa shape index (κ1) is 76.3. The Morgan fingerprint density at radius 2 is 0.646 bits per heavy atom. The van der Waals surface area contributed by atoms with Gasteiger partial charge in [-0.1, -0.05) is 87.8 Å². The van der Waals surface area contributed by atoms with E-state index in [0.29, 0.717) is 107 Å². The second-order valence-corrected chi connectivity index (χ2v) is 31.6. The Hall–Kier alpha value is -2.39. The summed E-state index contributed by atoms with van der Waals surface area (Å²) >= 11 is 37.1. The summed E-state index contributed by atoms with van der Waals surface area (Å²) in [6, 6.07) is 18.3. The first-order chi connectivity index (χ1) is 48.2. The number of amides is 3. The lowest BCUT2D eigenvalue weighted by atomic mass is 9.90. The average molecular weight is 1510 g/mol. The number of ether oxygens (including phenoxy) is 6. The molecule has 0 aliphatic carbocycles. The third-order valence-corrected chi connectivity index (χ3v) is 24.9. The number of carbonyl (C=O) groups is 3. The molecule has 0 aromatic heterocycles. The molecule has 12 saturated heterocycles. The average Bonchev–Trinajstić information content (AvgIpc) is 1.38. The largest absolute Gasteiger partial charge is 0.378 e. The molecule has 3 aromatic carbocycles. The number of carbonyl (C=O) groups excluding carboxylic acids is 3. The Morgan fingerprint density at radius 1 is 0.384 bits per heavy atom. The van der Waals surface area contributed by atoms with E-state index in [1.165, 1.54) is 44.8 Å². The smallest absolute Gasteiger partial charge is 0.227 e. The topological polar surface area (TPSA) is 136 Å². The van der Waals surface area contributed by atoms with E-state index < -0.39 is 0 Å². The van der Waals surface area contributed by atoms with Crippen molar-refractivity contribution < 1.29 is 46.7 Å². The van der Waals surface area contributed by atoms with Gasteiger partial charge < -0.3 is 43.1 Å². The highest BCUT2D eigenvalue weighted by molar-refractivity contribution is 7.93. The lowest BCUT2D eigenvalue weighted by Gasteiger charge is -2.54. The van der Waals surface area contributed by atoms with Gasteiger partial charge in [0, 0.05) is 97.1 Å². The van der Waals surface area contributed by atoms with Crippen LogP contribution in [-0.2, 0) is 62.1 Å². The van der Waals surface area contributed by atoms with Gasteiger partial charge in [0.2, 0.25) is 17.7 Å². The monoisotopic (exact) mass is 1510 g/mol. The fraction of sp³-hybridized carbons (Fsp3) is 0.712. The minimum absolute atomic E-state index is 0.146. The van der Waals surface area contributed by atoms with Crippen molar-refractivity contribution in [2.75, 3.05) is 164 Å². The van der Waals surface area contributed by atoms with Gasteiger partial charge in [-0.3, -0.25) is 43.8 Å². The van der Waals surface area contributed by atoms with E-state index >= 15 is 0 Å². The van der Waals surface area contributed by atoms with Crippen LogP contribution < -0.4 is 0 Å². The molecule has 12 aliphatic rings. The highest BCUT2D eigenvalue weighted by atomic mass is 35.5. The summed E-state index contributed by atoms with van der Waals surface area (Å²) in [4.78, 5) is 62.4. The molecule has 12 atom stereocenters. The zero-order valence-corrected chi connectivity index (χ0v) is 62.8. The van der Waals surface area contributed by atoms with Crippen molar-refractivity contribution in [2.24, 2.45) is 0 Å². The maximum absolute atomic E-state index is 13.6. The predicted molar refractivity (Wildman–Crippen MR) is 391 cm³/mol. The van der Waals surface area contributed by atoms with Gasteiger partial charge in [-0.25, -0.2) is 0 Å². The third-order valence-electron chi connectivity index (χ3n) is 22.7. The normalized spacial score (nSPS) is 31.0. The maximum atomic E-state index is 13.6. The fourth-order valence-electron chi connectivity index (χ4n) is 17.8. The fourth-order valence-corrected chi connectivity index (χ4v) is 18.8. The summed E-state index contributed by atoms with van der Waals surface area (Å²) in [5.74, 6) is 0.503. The van der Waals surface area contributed by atoms with Crippen molar-refractivity contribution in [1.29, 1.82) is 0 Å². The highest BCUT2D eigenvalue weighted by Gasteiger charge is 2.52. The van der Waals surface area contributed by atoms with Crippen molar-refractivity contribution in [3.63, 3.8) is 0 Å². The Bertz CT molecular complexity index is 2790. The molecule has 0 spiro atoms. The van der Waals surface area contributed by atoms with Crippen molar-refractivity contribution in [2.45, 2.75) is 169 Å². The molecule has 12 heterocycles. The van der Waals surface area contributed by atoms with Crippen LogP contribution in [0.5, 0.6) is 0 Å². The van der Waals surface area contributed by atoms with Gasteiger partial charge in [0.15, 0.2) is 0 Å². The molecule has 0 saturated carbocycles. The van der Waals surface area contributed by atoms with E-state index in [9.17, 15) is 18.3 Å². The third kappa shape index (κ3) is 19.4. The number of likely N-dealkylation sites (tertiary alicyclic amines) is 3. The highest BCUT2D eigenvalue weighted by Crippen LogP contribution is 2.37. The van der Waals surface area contributed by atoms with E-state index in [1.54, 1.807) is 18.2 Å². The van der Waals surface area contributed by atoms with Crippen LogP contribution >= 0.6 is 81.8 Å². The molecule has 15 rings (SSSR count). The second-order valence-electron chi connectivity index (χ2n) is 28.8. The summed E-state index contributed by atoms with van der Waals surface area (Å²) in [7, 11) is 0. The number of fused-ring (bicyclic) bond motifs is 3. The molecule has 3 amide bonds. The van der Waals surface area contributed by atoms with Crippen LogP contribution in [0.25, 0.3) is 0 Å². The number of nitrogens with zero attached hydrogens (tertiary/aromatic N) is 9. The molecule has 0 bridgehead atoms. The van der Waals surface area contributed by atoms with Crippen LogP contribution in [-0.4, -0.2) is 298 Å². The SMILES string of the molecule is CSF.O=C(Cc1ccc(Cl)c(Cl)c1)N1CCN(CC2CCCO2)[C@@H]2COC[C@H](N3CCCC3)[C@H]21.O=C(Cc1ccc(Cl)c(Cl)c1)N1CCN(CC2CCCO2)[C@@H]2COC[C@H](N3CCCC3)[C@H]21.O=C(Cc1ccc(Cl)c(Cl)c1)N1CCN(CC2CCCO2)[C@H]2COC[C@@H](N3CCCC3)[C@@H]21. The molecule has 0 radical (unpaired) electrons. The zero-order valence-electron chi connectivity index (χ0n) is 57.5. The molecule has 3 unspecified atom stereocenters. The van der Waals surface area contributed by atoms with Crippen molar-refractivity contribution in [3.05, 3.63) is 101 Å². The van der Waals surface area contributed by atoms with Crippen LogP contribution in [0, 0.1) is 0 Å². The van der Waals surface area contributed by atoms with E-state index in [4.69, 9.17) is 98.0 Å². The second kappa shape index (κ2) is 37.2. The van der Waals surface area contributed by atoms with Gasteiger partial charge in [-0.15, -0.1) is 0 Å². The Labute approximate surface area is 620 Å². The molecule has 12 aliphatic heterocycles. The Balaban J connectivity index is 0.000000138. The predicted octanol–water partition coefficient (Wildman–Crippen LogP) is 10.5. The standard InChI is InChI=1S/3C24H33Cl2N3O3.CH3FS/c3*25-19-6-5-17(12-20(19)26)13-23(30)29-10-9-28(14-18-4-3-11-32-18)22-16-31-15-21(24(22)29)27-7-1-2-8-27;1-3-2/h3*5-6,12,18,21-22,24H,1-4,7-11,13-16H2;1H3/t3*18?,21-,22+,24+;/m100./s1. The summed E-state index contributed by atoms with van der Waals surface area (Å²) in [6.45, 7) is 21.0. The number of benzene rings is 3. The molecule has 548 valence electrons. The number of hydrogen-bond acceptors (Lipinski definition) is 16. The first-order valence-electron chi connectivity index (χ1n) is 36.6. The molecule has 12 fully saturated rings. The molecular formula is C73H102Cl6FN9O9S. The van der Waals surface area contributed by atoms with Gasteiger partial charge in [0.1, 0.15) is 0 Å². The van der Waals surface area contributed by atoms with Crippen LogP contribution in [0.15, 0.2) is 54.6 Å². The Morgan fingerprint density at radius 3 is 0.889 bits per heavy atom. The molecule has 3 aromatic rings. The zero-order chi connectivity index (χ0) is 68.9. The first-order valence-corrected chi connectivity index (χ1v) is 40.0. The summed E-state index contributed by atoms with van der Waals surface area (Å²) in [6.07, 6.45) is 17.5. The lowest BCUT2D eigenvalue weighted by molar-refractivity contribution is -0.154. The van der Waals surface area contributed by atoms with Crippen LogP contribution in [0.4, 0.5) is 3.89 Å². The molecule has 18 nitrogen and oxygen atoms in total. The lowest BCUT2D eigenvalue weighted by Crippen LogP contribution is -2.72. The van der Waals surface area contributed by atoms with Gasteiger partial charge in [0.05, 0.1) is 162 Å². The van der Waals surface area contributed by atoms with Gasteiger partial charge in [0.25, 0.3) is 0 Å². The van der Waals surface area contributed by atoms with Crippen molar-refractivity contribution in [3.8, 4) is 0 Å². The van der Waals surface area contributed by atoms with Crippen LogP contribution in [0.1, 0.15) is 93.7 Å². The number of piperazine rings is 3. The quantitative estimate of drug-likeness (QED) is 0.143. The molecule has 0 N–H and O–H groups in total. The van der Waals surface area contributed by atoms with Gasteiger partial charge >= 0.3 is 0 Å². The minimum atomic E-state index is 0.146. The van der Waals surface area contributed by atoms with Gasteiger partial charge in [-0.05, 0) is 169 Å². The summed E-state index contributed by atoms with van der Waals surface area (Å²) in [5, 5.41) is 3.05.